The quantitative estimate of drug-likeness (QED) is 0.430. The number of carbonyl (C=O) groups excluding carboxylic acids is 1. The number of esters is 1. The summed E-state index contributed by atoms with van der Waals surface area (Å²) in [6, 6.07) is 27.3. The molecular weight excluding hydrogens is 404 g/mol. The Morgan fingerprint density at radius 3 is 2.03 bits per heavy atom. The molecule has 0 fully saturated rings. The summed E-state index contributed by atoms with van der Waals surface area (Å²) in [6.07, 6.45) is 1.19. The topological polar surface area (TPSA) is 46.5 Å². The third-order valence-electron chi connectivity index (χ3n) is 5.89. The molecular formula is C27H26O3S. The van der Waals surface area contributed by atoms with Crippen LogP contribution in [0.5, 0.6) is 0 Å². The molecule has 0 aromatic heterocycles. The number of carbonyl (C=O) groups is 1. The second-order valence-electron chi connectivity index (χ2n) is 7.85. The van der Waals surface area contributed by atoms with E-state index in [4.69, 9.17) is 4.74 Å². The van der Waals surface area contributed by atoms with Crippen LogP contribution in [0.3, 0.4) is 0 Å². The molecule has 0 amide bonds. The molecule has 1 heterocycles. The second-order valence-corrected chi connectivity index (χ2v) is 8.90. The van der Waals surface area contributed by atoms with E-state index in [1.54, 1.807) is 0 Å². The lowest BCUT2D eigenvalue weighted by atomic mass is 9.81. The summed E-state index contributed by atoms with van der Waals surface area (Å²) < 4.78 is 6.15. The second kappa shape index (κ2) is 9.03. The molecule has 4 heteroatoms. The smallest absolute Gasteiger partial charge is 0.349 e. The first-order valence-electron chi connectivity index (χ1n) is 10.6. The van der Waals surface area contributed by atoms with E-state index in [9.17, 15) is 9.90 Å². The highest BCUT2D eigenvalue weighted by molar-refractivity contribution is 8.04. The van der Waals surface area contributed by atoms with Gasteiger partial charge in [-0.05, 0) is 24.0 Å². The van der Waals surface area contributed by atoms with Gasteiger partial charge in [0.05, 0.1) is 6.42 Å². The molecule has 4 rings (SSSR count). The van der Waals surface area contributed by atoms with Gasteiger partial charge in [-0.15, -0.1) is 0 Å². The van der Waals surface area contributed by atoms with Crippen molar-refractivity contribution in [2.75, 3.05) is 0 Å². The highest BCUT2D eigenvalue weighted by atomic mass is 32.2. The van der Waals surface area contributed by atoms with Crippen molar-refractivity contribution in [2.24, 2.45) is 0 Å². The minimum atomic E-state index is -1.05. The number of aliphatic hydroxyl groups is 1. The zero-order chi connectivity index (χ0) is 21.8. The number of thioether (sulfide) groups is 1. The Balaban J connectivity index is 1.76. The lowest BCUT2D eigenvalue weighted by Crippen LogP contribution is -2.38. The van der Waals surface area contributed by atoms with E-state index in [0.29, 0.717) is 5.92 Å². The van der Waals surface area contributed by atoms with E-state index < -0.39 is 11.6 Å². The van der Waals surface area contributed by atoms with Gasteiger partial charge in [-0.25, -0.2) is 4.79 Å². The maximum atomic E-state index is 13.3. The van der Waals surface area contributed by atoms with Gasteiger partial charge in [-0.2, -0.15) is 0 Å². The van der Waals surface area contributed by atoms with Crippen LogP contribution in [0.15, 0.2) is 100 Å². The van der Waals surface area contributed by atoms with Crippen LogP contribution < -0.4 is 0 Å². The van der Waals surface area contributed by atoms with Crippen molar-refractivity contribution in [1.82, 2.24) is 0 Å². The highest BCUT2D eigenvalue weighted by Gasteiger charge is 2.45. The van der Waals surface area contributed by atoms with Crippen LogP contribution in [0.25, 0.3) is 0 Å². The van der Waals surface area contributed by atoms with E-state index >= 15 is 0 Å². The molecule has 3 nitrogen and oxygen atoms in total. The Bertz CT molecular complexity index is 1050. The molecule has 3 aromatic carbocycles. The Labute approximate surface area is 187 Å². The maximum absolute atomic E-state index is 13.3. The summed E-state index contributed by atoms with van der Waals surface area (Å²) in [5.74, 6) is -0.0768. The van der Waals surface area contributed by atoms with Crippen LogP contribution in [0, 0.1) is 0 Å². The molecule has 158 valence electrons. The van der Waals surface area contributed by atoms with Crippen molar-refractivity contribution in [3.8, 4) is 0 Å². The van der Waals surface area contributed by atoms with Crippen molar-refractivity contribution in [3.05, 3.63) is 112 Å². The van der Waals surface area contributed by atoms with Crippen molar-refractivity contribution in [3.63, 3.8) is 0 Å². The van der Waals surface area contributed by atoms with Crippen LogP contribution in [0.2, 0.25) is 0 Å². The predicted octanol–water partition coefficient (Wildman–Crippen LogP) is 6.95. The van der Waals surface area contributed by atoms with Crippen LogP contribution in [-0.2, 0) is 15.1 Å². The van der Waals surface area contributed by atoms with Crippen molar-refractivity contribution in [2.45, 2.75) is 43.1 Å². The summed E-state index contributed by atoms with van der Waals surface area (Å²) >= 11 is 1.30. The van der Waals surface area contributed by atoms with Crippen LogP contribution in [0.4, 0.5) is 0 Å². The molecule has 31 heavy (non-hydrogen) atoms. The lowest BCUT2D eigenvalue weighted by Gasteiger charge is -2.38. The fourth-order valence-corrected chi connectivity index (χ4v) is 5.06. The third kappa shape index (κ3) is 4.13. The number of cyclic esters (lactones) is 1. The molecule has 0 saturated heterocycles. The molecule has 0 spiro atoms. The summed E-state index contributed by atoms with van der Waals surface area (Å²) in [5, 5.41) is 11.1. The summed E-state index contributed by atoms with van der Waals surface area (Å²) in [5.41, 5.74) is 1.80. The number of hydrogen-bond acceptors (Lipinski definition) is 4. The van der Waals surface area contributed by atoms with Crippen molar-refractivity contribution in [1.29, 1.82) is 0 Å². The molecule has 1 aliphatic rings. The summed E-state index contributed by atoms with van der Waals surface area (Å²) in [7, 11) is 0. The number of benzene rings is 3. The van der Waals surface area contributed by atoms with Crippen molar-refractivity contribution >= 4 is 17.7 Å². The fourth-order valence-electron chi connectivity index (χ4n) is 3.99. The molecule has 3 aromatic rings. The molecule has 1 N–H and O–H groups in total. The number of hydrogen-bond donors (Lipinski definition) is 1. The fraction of sp³-hybridized carbons (Fsp3) is 0.222. The van der Waals surface area contributed by atoms with Crippen LogP contribution in [-0.4, -0.2) is 11.1 Å². The van der Waals surface area contributed by atoms with Gasteiger partial charge < -0.3 is 9.84 Å². The zero-order valence-corrected chi connectivity index (χ0v) is 18.6. The van der Waals surface area contributed by atoms with Crippen LogP contribution >= 0.6 is 11.8 Å². The largest absolute Gasteiger partial charge is 0.511 e. The van der Waals surface area contributed by atoms with E-state index in [1.165, 1.54) is 17.3 Å². The van der Waals surface area contributed by atoms with Gasteiger partial charge in [0.15, 0.2) is 5.60 Å². The van der Waals surface area contributed by atoms with Gasteiger partial charge in [-0.3, -0.25) is 0 Å². The molecule has 0 aliphatic carbocycles. The first-order chi connectivity index (χ1) is 15.0. The van der Waals surface area contributed by atoms with Gasteiger partial charge in [0.2, 0.25) is 0 Å². The average molecular weight is 431 g/mol. The minimum Gasteiger partial charge on any atom is -0.511 e. The summed E-state index contributed by atoms with van der Waals surface area (Å²) in [4.78, 5) is 14.5. The highest BCUT2D eigenvalue weighted by Crippen LogP contribution is 2.47. The molecule has 1 atom stereocenters. The Hall–Kier alpha value is -2.98. The molecule has 1 unspecified atom stereocenters. The normalized spacial score (nSPS) is 16.6. The van der Waals surface area contributed by atoms with Gasteiger partial charge in [0, 0.05) is 16.0 Å². The maximum Gasteiger partial charge on any atom is 0.349 e. The standard InChI is InChI=1S/C27H26O3S/c1-3-19(2)22-16-10-11-17-24(22)31-25-23(28)18-27(30-26(25)29,20-12-6-4-7-13-20)21-14-8-5-9-15-21/h4-17,19,28H,3,18H2,1-2H3. The SMILES string of the molecule is CCC(C)c1ccccc1SC1=C(O)CC(c2ccccc2)(c2ccccc2)OC1=O. The third-order valence-corrected chi connectivity index (χ3v) is 7.08. The minimum absolute atomic E-state index is 0.0629. The van der Waals surface area contributed by atoms with E-state index in [0.717, 1.165) is 22.4 Å². The van der Waals surface area contributed by atoms with E-state index in [2.05, 4.69) is 19.9 Å². The van der Waals surface area contributed by atoms with Gasteiger partial charge in [-0.1, -0.05) is 104 Å². The lowest BCUT2D eigenvalue weighted by molar-refractivity contribution is -0.154. The summed E-state index contributed by atoms with van der Waals surface area (Å²) in [6.45, 7) is 4.31. The molecule has 0 bridgehead atoms. The Kier molecular flexibility index (Phi) is 6.19. The Morgan fingerprint density at radius 1 is 0.935 bits per heavy atom. The van der Waals surface area contributed by atoms with Gasteiger partial charge in [0.1, 0.15) is 10.7 Å². The van der Waals surface area contributed by atoms with Crippen molar-refractivity contribution < 1.29 is 14.6 Å². The first kappa shape index (κ1) is 21.3. The molecule has 0 saturated carbocycles. The molecule has 1 aliphatic heterocycles. The number of ether oxygens (including phenoxy) is 1. The monoisotopic (exact) mass is 430 g/mol. The average Bonchev–Trinajstić information content (AvgIpc) is 2.82. The van der Waals surface area contributed by atoms with E-state index in [1.807, 2.05) is 78.9 Å². The number of rotatable bonds is 6. The van der Waals surface area contributed by atoms with Gasteiger partial charge in [0.25, 0.3) is 0 Å². The Morgan fingerprint density at radius 2 is 1.48 bits per heavy atom. The van der Waals surface area contributed by atoms with E-state index in [-0.39, 0.29) is 17.1 Å². The number of aliphatic hydroxyl groups excluding tert-OH is 1. The first-order valence-corrected chi connectivity index (χ1v) is 11.4. The molecule has 0 radical (unpaired) electrons. The zero-order valence-electron chi connectivity index (χ0n) is 17.7. The van der Waals surface area contributed by atoms with Gasteiger partial charge >= 0.3 is 5.97 Å². The van der Waals surface area contributed by atoms with Crippen LogP contribution in [0.1, 0.15) is 49.3 Å². The predicted molar refractivity (Wildman–Crippen MR) is 125 cm³/mol.